The second-order valence-corrected chi connectivity index (χ2v) is 8.75. The molecule has 2 aromatic rings. The number of hydrogen-bond donors (Lipinski definition) is 2. The molecule has 0 aliphatic heterocycles. The second-order valence-electron chi connectivity index (χ2n) is 8.31. The average molecular weight is 399 g/mol. The first-order valence-corrected chi connectivity index (χ1v) is 10.5. The molecule has 2 aromatic carbocycles. The van der Waals surface area contributed by atoms with Crippen molar-refractivity contribution in [1.29, 1.82) is 0 Å². The lowest BCUT2D eigenvalue weighted by Gasteiger charge is -2.46. The van der Waals surface area contributed by atoms with Gasteiger partial charge in [0.2, 0.25) is 0 Å². The van der Waals surface area contributed by atoms with Gasteiger partial charge in [0.1, 0.15) is 5.82 Å². The summed E-state index contributed by atoms with van der Waals surface area (Å²) in [4.78, 5) is 0. The van der Waals surface area contributed by atoms with Gasteiger partial charge in [0.15, 0.2) is 0 Å². The van der Waals surface area contributed by atoms with E-state index in [1.54, 1.807) is 6.07 Å². The third kappa shape index (κ3) is 5.37. The van der Waals surface area contributed by atoms with Crippen LogP contribution < -0.4 is 11.1 Å². The molecule has 0 bridgehead atoms. The Bertz CT molecular complexity index is 773. The maximum absolute atomic E-state index is 14.5. The molecular weight excluding hydrogens is 370 g/mol. The third-order valence-electron chi connectivity index (χ3n) is 6.05. The molecule has 1 saturated carbocycles. The molecule has 0 spiro atoms. The van der Waals surface area contributed by atoms with Crippen molar-refractivity contribution in [2.45, 2.75) is 63.5 Å². The maximum Gasteiger partial charge on any atom is 0.128 e. The fourth-order valence-electron chi connectivity index (χ4n) is 3.94. The highest BCUT2D eigenvalue weighted by molar-refractivity contribution is 6.30. The van der Waals surface area contributed by atoms with Crippen LogP contribution in [0, 0.1) is 11.7 Å². The van der Waals surface area contributed by atoms with E-state index in [1.807, 2.05) is 36.4 Å². The summed E-state index contributed by atoms with van der Waals surface area (Å²) < 4.78 is 14.5. The Morgan fingerprint density at radius 2 is 1.82 bits per heavy atom. The number of halogens is 2. The van der Waals surface area contributed by atoms with Crippen LogP contribution in [-0.2, 0) is 6.54 Å². The highest BCUT2D eigenvalue weighted by Crippen LogP contribution is 2.38. The monoisotopic (exact) mass is 398 g/mol. The van der Waals surface area contributed by atoms with Crippen molar-refractivity contribution in [3.63, 3.8) is 0 Å². The highest BCUT2D eigenvalue weighted by Gasteiger charge is 2.39. The Balaban J connectivity index is 1.49. The van der Waals surface area contributed by atoms with Gasteiger partial charge < -0.3 is 11.1 Å². The number of unbranched alkanes of at least 4 members (excludes halogenated alkanes) is 1. The SMILES string of the molecule is [B]CCCCC(C)(N)C1CC(NCc2ccc(-c3ccc(Cl)cc3)cc2F)C1. The van der Waals surface area contributed by atoms with E-state index in [0.717, 1.165) is 49.6 Å². The van der Waals surface area contributed by atoms with E-state index in [2.05, 4.69) is 12.2 Å². The van der Waals surface area contributed by atoms with Crippen molar-refractivity contribution in [3.05, 3.63) is 58.9 Å². The summed E-state index contributed by atoms with van der Waals surface area (Å²) in [7, 11) is 5.57. The predicted molar refractivity (Wildman–Crippen MR) is 117 cm³/mol. The molecule has 1 aliphatic rings. The lowest BCUT2D eigenvalue weighted by atomic mass is 9.67. The smallest absolute Gasteiger partial charge is 0.128 e. The average Bonchev–Trinajstić information content (AvgIpc) is 2.62. The minimum atomic E-state index is -0.179. The zero-order valence-electron chi connectivity index (χ0n) is 16.6. The number of hydrogen-bond acceptors (Lipinski definition) is 2. The van der Waals surface area contributed by atoms with E-state index < -0.39 is 0 Å². The van der Waals surface area contributed by atoms with Gasteiger partial charge in [-0.2, -0.15) is 0 Å². The van der Waals surface area contributed by atoms with E-state index >= 15 is 0 Å². The number of benzene rings is 2. The number of rotatable bonds is 9. The molecule has 2 nitrogen and oxygen atoms in total. The van der Waals surface area contributed by atoms with Crippen molar-refractivity contribution in [3.8, 4) is 11.1 Å². The molecular formula is C23H29BClFN2. The molecule has 148 valence electrons. The summed E-state index contributed by atoms with van der Waals surface area (Å²) >= 11 is 5.92. The minimum Gasteiger partial charge on any atom is -0.325 e. The van der Waals surface area contributed by atoms with Crippen LogP contribution in [0.4, 0.5) is 4.39 Å². The van der Waals surface area contributed by atoms with Crippen LogP contribution >= 0.6 is 11.6 Å². The van der Waals surface area contributed by atoms with Crippen LogP contribution in [0.2, 0.25) is 11.3 Å². The van der Waals surface area contributed by atoms with E-state index in [4.69, 9.17) is 25.2 Å². The second kappa shape index (κ2) is 9.43. The van der Waals surface area contributed by atoms with Crippen LogP contribution in [0.1, 0.15) is 44.6 Å². The highest BCUT2D eigenvalue weighted by atomic mass is 35.5. The normalized spacial score (nSPS) is 21.1. The molecule has 3 N–H and O–H groups in total. The van der Waals surface area contributed by atoms with Crippen LogP contribution in [-0.4, -0.2) is 19.4 Å². The summed E-state index contributed by atoms with van der Waals surface area (Å²) in [5.41, 5.74) is 8.89. The largest absolute Gasteiger partial charge is 0.325 e. The van der Waals surface area contributed by atoms with E-state index in [9.17, 15) is 4.39 Å². The standard InChI is InChI=1S/C23H29BClFN2/c1-23(27,10-2-3-11-24)19-13-21(14-19)28-15-18-5-4-17(12-22(18)26)16-6-8-20(25)9-7-16/h4-9,12,19,21,28H,2-3,10-11,13-15,27H2,1H3. The van der Waals surface area contributed by atoms with E-state index in [0.29, 0.717) is 29.1 Å². The van der Waals surface area contributed by atoms with Crippen LogP contribution in [0.25, 0.3) is 11.1 Å². The molecule has 1 aliphatic carbocycles. The maximum atomic E-state index is 14.5. The van der Waals surface area contributed by atoms with Gasteiger partial charge in [0.25, 0.3) is 0 Å². The van der Waals surface area contributed by atoms with Gasteiger partial charge in [-0.3, -0.25) is 0 Å². The van der Waals surface area contributed by atoms with Crippen molar-refractivity contribution >= 4 is 19.4 Å². The number of nitrogens with one attached hydrogen (secondary N) is 1. The van der Waals surface area contributed by atoms with Gasteiger partial charge >= 0.3 is 0 Å². The topological polar surface area (TPSA) is 38.0 Å². The Morgan fingerprint density at radius 1 is 1.14 bits per heavy atom. The predicted octanol–water partition coefficient (Wildman–Crippen LogP) is 5.49. The Hall–Kier alpha value is -1.36. The van der Waals surface area contributed by atoms with Crippen LogP contribution in [0.15, 0.2) is 42.5 Å². The lowest BCUT2D eigenvalue weighted by Crippen LogP contribution is -2.54. The zero-order valence-corrected chi connectivity index (χ0v) is 17.3. The Kier molecular flexibility index (Phi) is 7.19. The summed E-state index contributed by atoms with van der Waals surface area (Å²) in [5.74, 6) is 0.348. The molecule has 1 atom stereocenters. The fourth-order valence-corrected chi connectivity index (χ4v) is 4.07. The van der Waals surface area contributed by atoms with Gasteiger partial charge in [-0.1, -0.05) is 55.0 Å². The van der Waals surface area contributed by atoms with Crippen LogP contribution in [0.3, 0.4) is 0 Å². The first-order valence-electron chi connectivity index (χ1n) is 10.2. The molecule has 1 fully saturated rings. The quantitative estimate of drug-likeness (QED) is 0.433. The lowest BCUT2D eigenvalue weighted by molar-refractivity contribution is 0.123. The molecule has 28 heavy (non-hydrogen) atoms. The first-order chi connectivity index (χ1) is 13.4. The molecule has 0 amide bonds. The summed E-state index contributed by atoms with van der Waals surface area (Å²) in [6.45, 7) is 2.69. The van der Waals surface area contributed by atoms with Crippen molar-refractivity contribution in [2.24, 2.45) is 11.7 Å². The van der Waals surface area contributed by atoms with Crippen molar-refractivity contribution in [2.75, 3.05) is 0 Å². The zero-order chi connectivity index (χ0) is 20.1. The summed E-state index contributed by atoms with van der Waals surface area (Å²) in [6.07, 6.45) is 5.98. The van der Waals surface area contributed by atoms with Gasteiger partial charge in [-0.25, -0.2) is 4.39 Å². The van der Waals surface area contributed by atoms with Crippen molar-refractivity contribution < 1.29 is 4.39 Å². The van der Waals surface area contributed by atoms with E-state index in [-0.39, 0.29) is 11.4 Å². The molecule has 3 rings (SSSR count). The van der Waals surface area contributed by atoms with Gasteiger partial charge in [-0.05, 0) is 61.4 Å². The molecule has 2 radical (unpaired) electrons. The first kappa shape index (κ1) is 21.4. The van der Waals surface area contributed by atoms with Gasteiger partial charge in [0, 0.05) is 28.7 Å². The van der Waals surface area contributed by atoms with E-state index in [1.165, 1.54) is 0 Å². The van der Waals surface area contributed by atoms with Gasteiger partial charge in [-0.15, -0.1) is 0 Å². The third-order valence-corrected chi connectivity index (χ3v) is 6.30. The molecule has 0 saturated heterocycles. The summed E-state index contributed by atoms with van der Waals surface area (Å²) in [6, 6.07) is 13.3. The molecule has 5 heteroatoms. The summed E-state index contributed by atoms with van der Waals surface area (Å²) in [5, 5.41) is 4.16. The molecule has 0 aromatic heterocycles. The fraction of sp³-hybridized carbons (Fsp3) is 0.478. The minimum absolute atomic E-state index is 0.126. The van der Waals surface area contributed by atoms with Gasteiger partial charge in [0.05, 0.1) is 7.85 Å². The Labute approximate surface area is 174 Å². The van der Waals surface area contributed by atoms with Crippen molar-refractivity contribution in [1.82, 2.24) is 5.32 Å². The Morgan fingerprint density at radius 3 is 2.46 bits per heavy atom. The molecule has 0 heterocycles. The van der Waals surface area contributed by atoms with Crippen LogP contribution in [0.5, 0.6) is 0 Å². The molecule has 1 unspecified atom stereocenters. The number of nitrogens with two attached hydrogens (primary N) is 1.